The first-order chi connectivity index (χ1) is 14.9. The molecule has 1 saturated heterocycles. The van der Waals surface area contributed by atoms with Crippen LogP contribution in [0.2, 0.25) is 5.02 Å². The molecule has 1 aliphatic heterocycles. The van der Waals surface area contributed by atoms with Gasteiger partial charge < -0.3 is 10.6 Å². The van der Waals surface area contributed by atoms with E-state index in [9.17, 15) is 9.59 Å². The maximum Gasteiger partial charge on any atom is 0.264 e. The van der Waals surface area contributed by atoms with Crippen LogP contribution in [0.1, 0.15) is 19.4 Å². The minimum Gasteiger partial charge on any atom is -0.326 e. The third kappa shape index (κ3) is 4.92. The van der Waals surface area contributed by atoms with Gasteiger partial charge in [-0.1, -0.05) is 31.5 Å². The molecule has 156 valence electrons. The van der Waals surface area contributed by atoms with Gasteiger partial charge >= 0.3 is 0 Å². The van der Waals surface area contributed by atoms with Gasteiger partial charge in [-0.3, -0.25) is 19.6 Å². The molecule has 0 spiro atoms. The van der Waals surface area contributed by atoms with Gasteiger partial charge in [0.1, 0.15) is 0 Å². The van der Waals surface area contributed by atoms with Crippen molar-refractivity contribution in [2.45, 2.75) is 13.8 Å². The lowest BCUT2D eigenvalue weighted by atomic mass is 10.2. The Labute approximate surface area is 188 Å². The number of carbonyl (C=O) groups is 2. The fourth-order valence-electron chi connectivity index (χ4n) is 2.77. The van der Waals surface area contributed by atoms with Crippen LogP contribution in [0.25, 0.3) is 17.1 Å². The van der Waals surface area contributed by atoms with Crippen molar-refractivity contribution >= 4 is 68.8 Å². The number of fused-ring (bicyclic) bond motifs is 1. The largest absolute Gasteiger partial charge is 0.326 e. The smallest absolute Gasteiger partial charge is 0.264 e. The predicted octanol–water partition coefficient (Wildman–Crippen LogP) is 4.77. The van der Waals surface area contributed by atoms with Gasteiger partial charge in [0.15, 0.2) is 5.17 Å². The van der Waals surface area contributed by atoms with Crippen molar-refractivity contribution in [1.82, 2.24) is 15.3 Å². The summed E-state index contributed by atoms with van der Waals surface area (Å²) in [7, 11) is 0. The summed E-state index contributed by atoms with van der Waals surface area (Å²) in [5, 5.41) is 6.38. The Bertz CT molecular complexity index is 1260. The number of benzene rings is 2. The molecule has 1 aromatic heterocycles. The molecule has 7 nitrogen and oxygen atoms in total. The van der Waals surface area contributed by atoms with Crippen molar-refractivity contribution in [1.29, 1.82) is 0 Å². The minimum absolute atomic E-state index is 0.102. The Balaban J connectivity index is 1.57. The summed E-state index contributed by atoms with van der Waals surface area (Å²) in [6.07, 6.45) is 5.04. The number of anilines is 1. The van der Waals surface area contributed by atoms with E-state index in [1.165, 1.54) is 11.8 Å². The Morgan fingerprint density at radius 3 is 2.71 bits per heavy atom. The Hall–Kier alpha value is -3.23. The standard InChI is InChI=1S/C22H18ClN5O2S/c1-12(2)20(29)26-14-4-5-15(23)17(11-14)27-22-28-21(30)19(31-22)10-13-3-6-16-18(9-13)25-8-7-24-16/h3-12H,1-2H3,(H,26,29)(H,27,28,30)/b19-10-. The minimum atomic E-state index is -0.247. The first kappa shape index (κ1) is 21.0. The first-order valence-corrected chi connectivity index (χ1v) is 10.7. The lowest BCUT2D eigenvalue weighted by Gasteiger charge is -2.09. The molecule has 2 amide bonds. The molecule has 0 atom stereocenters. The van der Waals surface area contributed by atoms with Gasteiger partial charge in [0.2, 0.25) is 5.91 Å². The van der Waals surface area contributed by atoms with E-state index in [1.807, 2.05) is 32.0 Å². The molecule has 2 heterocycles. The number of amides is 2. The molecular formula is C22H18ClN5O2S. The summed E-state index contributed by atoms with van der Waals surface area (Å²) >= 11 is 7.48. The predicted molar refractivity (Wildman–Crippen MR) is 125 cm³/mol. The number of nitrogens with zero attached hydrogens (tertiary/aromatic N) is 3. The van der Waals surface area contributed by atoms with Gasteiger partial charge in [-0.2, -0.15) is 0 Å². The van der Waals surface area contributed by atoms with E-state index in [4.69, 9.17) is 11.6 Å². The molecule has 2 aromatic carbocycles. The molecule has 2 N–H and O–H groups in total. The number of amidine groups is 1. The Morgan fingerprint density at radius 1 is 1.16 bits per heavy atom. The normalized spacial score (nSPS) is 16.3. The molecule has 1 aliphatic rings. The molecule has 1 fully saturated rings. The maximum atomic E-state index is 12.4. The monoisotopic (exact) mass is 451 g/mol. The summed E-state index contributed by atoms with van der Waals surface area (Å²) in [6.45, 7) is 3.63. The van der Waals surface area contributed by atoms with Crippen LogP contribution < -0.4 is 10.6 Å². The van der Waals surface area contributed by atoms with Gasteiger partial charge in [-0.15, -0.1) is 0 Å². The highest BCUT2D eigenvalue weighted by Gasteiger charge is 2.24. The van der Waals surface area contributed by atoms with E-state index >= 15 is 0 Å². The molecular weight excluding hydrogens is 434 g/mol. The molecule has 3 aromatic rings. The summed E-state index contributed by atoms with van der Waals surface area (Å²) in [6, 6.07) is 10.6. The van der Waals surface area contributed by atoms with E-state index in [0.717, 1.165) is 16.6 Å². The van der Waals surface area contributed by atoms with Crippen LogP contribution in [0.4, 0.5) is 11.4 Å². The van der Waals surface area contributed by atoms with Gasteiger partial charge in [-0.05, 0) is 53.7 Å². The lowest BCUT2D eigenvalue weighted by Crippen LogP contribution is -2.19. The number of rotatable bonds is 4. The highest BCUT2D eigenvalue weighted by Crippen LogP contribution is 2.33. The first-order valence-electron chi connectivity index (χ1n) is 9.50. The van der Waals surface area contributed by atoms with Crippen molar-refractivity contribution in [3.63, 3.8) is 0 Å². The zero-order chi connectivity index (χ0) is 22.0. The number of thioether (sulfide) groups is 1. The van der Waals surface area contributed by atoms with E-state index in [1.54, 1.807) is 36.7 Å². The average Bonchev–Trinajstić information content (AvgIpc) is 3.09. The van der Waals surface area contributed by atoms with Crippen molar-refractivity contribution in [3.05, 3.63) is 64.3 Å². The van der Waals surface area contributed by atoms with Gasteiger partial charge in [-0.25, -0.2) is 4.99 Å². The maximum absolute atomic E-state index is 12.4. The summed E-state index contributed by atoms with van der Waals surface area (Å²) in [5.74, 6) is -0.498. The highest BCUT2D eigenvalue weighted by molar-refractivity contribution is 8.18. The number of aromatic nitrogens is 2. The van der Waals surface area contributed by atoms with Crippen molar-refractivity contribution in [2.75, 3.05) is 5.32 Å². The number of aliphatic imine (C=N–C) groups is 1. The second-order valence-corrected chi connectivity index (χ2v) is 8.53. The van der Waals surface area contributed by atoms with E-state index < -0.39 is 0 Å². The van der Waals surface area contributed by atoms with Crippen molar-refractivity contribution in [3.8, 4) is 0 Å². The highest BCUT2D eigenvalue weighted by atomic mass is 35.5. The van der Waals surface area contributed by atoms with E-state index in [-0.39, 0.29) is 17.7 Å². The molecule has 0 saturated carbocycles. The topological polar surface area (TPSA) is 96.3 Å². The zero-order valence-electron chi connectivity index (χ0n) is 16.7. The number of hydrogen-bond donors (Lipinski definition) is 2. The van der Waals surface area contributed by atoms with Gasteiger partial charge in [0, 0.05) is 24.0 Å². The number of hydrogen-bond acceptors (Lipinski definition) is 6. The van der Waals surface area contributed by atoms with E-state index in [0.29, 0.717) is 26.5 Å². The number of halogens is 1. The molecule has 0 unspecified atom stereocenters. The fourth-order valence-corrected chi connectivity index (χ4v) is 3.77. The Kier molecular flexibility index (Phi) is 6.01. The van der Waals surface area contributed by atoms with E-state index in [2.05, 4.69) is 25.6 Å². The second-order valence-electron chi connectivity index (χ2n) is 7.10. The van der Waals surface area contributed by atoms with Crippen LogP contribution in [-0.2, 0) is 9.59 Å². The van der Waals surface area contributed by atoms with Crippen molar-refractivity contribution < 1.29 is 9.59 Å². The summed E-state index contributed by atoms with van der Waals surface area (Å²) in [5.41, 5.74) is 3.41. The van der Waals surface area contributed by atoms with Gasteiger partial charge in [0.05, 0.1) is 26.6 Å². The molecule has 0 bridgehead atoms. The zero-order valence-corrected chi connectivity index (χ0v) is 18.3. The van der Waals surface area contributed by atoms with Crippen LogP contribution in [-0.4, -0.2) is 26.9 Å². The Morgan fingerprint density at radius 2 is 1.94 bits per heavy atom. The summed E-state index contributed by atoms with van der Waals surface area (Å²) < 4.78 is 0. The van der Waals surface area contributed by atoms with Crippen LogP contribution in [0.15, 0.2) is 58.7 Å². The number of carbonyl (C=O) groups excluding carboxylic acids is 2. The molecule has 31 heavy (non-hydrogen) atoms. The molecule has 4 rings (SSSR count). The van der Waals surface area contributed by atoms with Crippen LogP contribution in [0, 0.1) is 5.92 Å². The van der Waals surface area contributed by atoms with Crippen LogP contribution in [0.3, 0.4) is 0 Å². The second kappa shape index (κ2) is 8.87. The quantitative estimate of drug-likeness (QED) is 0.557. The molecule has 0 aliphatic carbocycles. The van der Waals surface area contributed by atoms with Crippen molar-refractivity contribution in [2.24, 2.45) is 10.9 Å². The van der Waals surface area contributed by atoms with Crippen LogP contribution >= 0.6 is 23.4 Å². The third-order valence-corrected chi connectivity index (χ3v) is 5.63. The third-order valence-electron chi connectivity index (χ3n) is 4.40. The lowest BCUT2D eigenvalue weighted by molar-refractivity contribution is -0.119. The van der Waals surface area contributed by atoms with Gasteiger partial charge in [0.25, 0.3) is 5.91 Å². The fraction of sp³-hybridized carbons (Fsp3) is 0.136. The molecule has 0 radical (unpaired) electrons. The summed E-state index contributed by atoms with van der Waals surface area (Å²) in [4.78, 5) is 37.9. The number of nitrogens with one attached hydrogen (secondary N) is 2. The van der Waals surface area contributed by atoms with Crippen LogP contribution in [0.5, 0.6) is 0 Å². The average molecular weight is 452 g/mol. The SMILES string of the molecule is CC(C)C(=O)Nc1ccc(Cl)c(N=C2NC(=O)/C(=C/c3ccc4nccnc4c3)S2)c1. The molecule has 9 heteroatoms.